The van der Waals surface area contributed by atoms with E-state index in [1.165, 1.54) is 23.6 Å². The van der Waals surface area contributed by atoms with Crippen LogP contribution in [0.15, 0.2) is 53.7 Å². The molecule has 8 nitrogen and oxygen atoms in total. The molecule has 3 aromatic heterocycles. The van der Waals surface area contributed by atoms with Gasteiger partial charge in [0.15, 0.2) is 0 Å². The minimum Gasteiger partial charge on any atom is -0.367 e. The second-order valence-corrected chi connectivity index (χ2v) is 10.5. The molecule has 1 aliphatic heterocycles. The summed E-state index contributed by atoms with van der Waals surface area (Å²) in [7, 11) is 0. The van der Waals surface area contributed by atoms with Gasteiger partial charge in [-0.2, -0.15) is 18.3 Å². The molecule has 40 heavy (non-hydrogen) atoms. The summed E-state index contributed by atoms with van der Waals surface area (Å²) < 4.78 is 44.7. The molecule has 2 aliphatic rings. The number of alkyl halides is 3. The van der Waals surface area contributed by atoms with Crippen molar-refractivity contribution in [1.29, 1.82) is 0 Å². The van der Waals surface area contributed by atoms with Crippen LogP contribution in [-0.4, -0.2) is 56.7 Å². The van der Waals surface area contributed by atoms with Gasteiger partial charge in [-0.05, 0) is 36.2 Å². The molecule has 1 amide bonds. The summed E-state index contributed by atoms with van der Waals surface area (Å²) in [6, 6.07) is 7.01. The van der Waals surface area contributed by atoms with Gasteiger partial charge >= 0.3 is 6.18 Å². The van der Waals surface area contributed by atoms with E-state index in [2.05, 4.69) is 15.2 Å². The van der Waals surface area contributed by atoms with Gasteiger partial charge in [-0.25, -0.2) is 0 Å². The van der Waals surface area contributed by atoms with Gasteiger partial charge in [0.05, 0.1) is 28.3 Å². The first-order valence-electron chi connectivity index (χ1n) is 13.0. The Hall–Kier alpha value is -4.41. The minimum atomic E-state index is -4.65. The third-order valence-corrected chi connectivity index (χ3v) is 7.95. The first-order chi connectivity index (χ1) is 19.0. The fraction of sp³-hybridized carbons (Fsp3) is 0.310. The van der Waals surface area contributed by atoms with Crippen LogP contribution < -0.4 is 21.0 Å². The highest BCUT2D eigenvalue weighted by Crippen LogP contribution is 2.38. The molecule has 1 fully saturated rings. The molecular weight excluding hydrogens is 521 g/mol. The number of fused-ring (bicyclic) bond motifs is 3. The number of nitrogens with zero attached hydrogens (tertiary/aromatic N) is 5. The summed E-state index contributed by atoms with van der Waals surface area (Å²) in [4.78, 5) is 32.9. The lowest BCUT2D eigenvalue weighted by Gasteiger charge is -2.37. The van der Waals surface area contributed by atoms with Crippen LogP contribution >= 0.6 is 0 Å². The molecule has 1 atom stereocenters. The van der Waals surface area contributed by atoms with Gasteiger partial charge in [0.25, 0.3) is 5.56 Å². The quantitative estimate of drug-likeness (QED) is 0.426. The molecule has 6 rings (SSSR count). The summed E-state index contributed by atoms with van der Waals surface area (Å²) in [5.74, 6) is -0.0999. The van der Waals surface area contributed by atoms with Crippen LogP contribution in [0.5, 0.6) is 0 Å². The fourth-order valence-corrected chi connectivity index (χ4v) is 5.70. The number of halogens is 3. The lowest BCUT2D eigenvalue weighted by atomic mass is 9.78. The van der Waals surface area contributed by atoms with Gasteiger partial charge in [-0.1, -0.05) is 19.1 Å². The Morgan fingerprint density at radius 3 is 2.52 bits per heavy atom. The van der Waals surface area contributed by atoms with Gasteiger partial charge in [-0.3, -0.25) is 24.2 Å². The second-order valence-electron chi connectivity index (χ2n) is 10.5. The first-order valence-corrected chi connectivity index (χ1v) is 13.0. The summed E-state index contributed by atoms with van der Waals surface area (Å²) in [5.41, 5.74) is -0.123. The Morgan fingerprint density at radius 1 is 1.07 bits per heavy atom. The molecular formula is C29H27F3N6O2. The van der Waals surface area contributed by atoms with Crippen LogP contribution in [0.2, 0.25) is 0 Å². The van der Waals surface area contributed by atoms with Gasteiger partial charge in [0.2, 0.25) is 5.91 Å². The molecule has 4 heterocycles. The predicted molar refractivity (Wildman–Crippen MR) is 146 cm³/mol. The lowest BCUT2D eigenvalue weighted by molar-refractivity contribution is -0.137. The van der Waals surface area contributed by atoms with Gasteiger partial charge < -0.3 is 9.80 Å². The van der Waals surface area contributed by atoms with Crippen LogP contribution in [0, 0.1) is 0 Å². The van der Waals surface area contributed by atoms with Crippen molar-refractivity contribution in [3.05, 3.63) is 81.0 Å². The van der Waals surface area contributed by atoms with Crippen molar-refractivity contribution in [3.63, 3.8) is 0 Å². The van der Waals surface area contributed by atoms with Crippen LogP contribution in [0.1, 0.15) is 31.4 Å². The SMILES string of the molecule is CC(=O)N1CCN(c2ccc(-n3c(=O)ccc4cnc5c(c43)=CC(C)(c3cn[nH]c3)CC=5)cc2C(F)(F)F)CC1. The molecule has 206 valence electrons. The number of carbonyl (C=O) groups excluding carboxylic acids is 1. The Balaban J connectivity index is 1.54. The van der Waals surface area contributed by atoms with Crippen LogP contribution in [0.3, 0.4) is 0 Å². The van der Waals surface area contributed by atoms with Crippen molar-refractivity contribution >= 4 is 34.6 Å². The monoisotopic (exact) mass is 548 g/mol. The van der Waals surface area contributed by atoms with Gasteiger partial charge in [0.1, 0.15) is 0 Å². The molecule has 1 aliphatic carbocycles. The summed E-state index contributed by atoms with van der Waals surface area (Å²) in [5, 5.41) is 8.90. The van der Waals surface area contributed by atoms with E-state index in [0.717, 1.165) is 11.6 Å². The Labute approximate surface area is 227 Å². The molecule has 1 unspecified atom stereocenters. The predicted octanol–water partition coefficient (Wildman–Crippen LogP) is 2.72. The normalized spacial score (nSPS) is 19.2. The number of aromatic nitrogens is 4. The lowest BCUT2D eigenvalue weighted by Crippen LogP contribution is -2.48. The van der Waals surface area contributed by atoms with Crippen LogP contribution in [0.4, 0.5) is 18.9 Å². The maximum Gasteiger partial charge on any atom is 0.418 e. The molecule has 11 heteroatoms. The average Bonchev–Trinajstić information content (AvgIpc) is 3.49. The maximum absolute atomic E-state index is 14.4. The van der Waals surface area contributed by atoms with E-state index in [1.807, 2.05) is 25.3 Å². The number of benzene rings is 1. The number of piperazine rings is 1. The molecule has 1 aromatic carbocycles. The summed E-state index contributed by atoms with van der Waals surface area (Å²) in [6.07, 6.45) is 5.19. The standard InChI is InChI=1S/C29H27F3N6O2/c1-18(39)36-9-11-37(12-10-36)25-5-4-21(13-23(25)29(30,31)32)38-26(40)6-3-19-15-33-24-7-8-28(2,14-22(24)27(19)38)20-16-34-35-17-20/h3-7,13-17H,8-12H2,1-2H3,(H,34,35). The van der Waals surface area contributed by atoms with Crippen molar-refractivity contribution in [1.82, 2.24) is 24.6 Å². The number of aromatic amines is 1. The highest BCUT2D eigenvalue weighted by molar-refractivity contribution is 5.82. The van der Waals surface area contributed by atoms with E-state index in [1.54, 1.807) is 34.3 Å². The number of pyridine rings is 2. The summed E-state index contributed by atoms with van der Waals surface area (Å²) in [6.45, 7) is 4.76. The zero-order valence-electron chi connectivity index (χ0n) is 22.0. The largest absolute Gasteiger partial charge is 0.418 e. The molecule has 0 saturated carbocycles. The number of anilines is 1. The highest BCUT2D eigenvalue weighted by atomic mass is 19.4. The number of rotatable bonds is 3. The zero-order chi connectivity index (χ0) is 28.2. The number of H-pyrrole nitrogens is 1. The Kier molecular flexibility index (Phi) is 6.04. The smallest absolute Gasteiger partial charge is 0.367 e. The molecule has 1 N–H and O–H groups in total. The van der Waals surface area contributed by atoms with E-state index in [0.29, 0.717) is 41.0 Å². The van der Waals surface area contributed by atoms with Gasteiger partial charge in [0, 0.05) is 73.3 Å². The molecule has 0 radical (unpaired) electrons. The van der Waals surface area contributed by atoms with Crippen LogP contribution in [-0.2, 0) is 16.4 Å². The minimum absolute atomic E-state index is 0.0314. The Morgan fingerprint density at radius 2 is 1.85 bits per heavy atom. The van der Waals surface area contributed by atoms with E-state index < -0.39 is 22.7 Å². The number of hydrogen-bond acceptors (Lipinski definition) is 5. The fourth-order valence-electron chi connectivity index (χ4n) is 5.70. The van der Waals surface area contributed by atoms with E-state index >= 15 is 0 Å². The van der Waals surface area contributed by atoms with Crippen molar-refractivity contribution in [3.8, 4) is 5.69 Å². The maximum atomic E-state index is 14.4. The topological polar surface area (TPSA) is 87.1 Å². The number of hydrogen-bond donors (Lipinski definition) is 1. The van der Waals surface area contributed by atoms with Crippen molar-refractivity contribution in [2.24, 2.45) is 0 Å². The zero-order valence-corrected chi connectivity index (χ0v) is 22.0. The van der Waals surface area contributed by atoms with E-state index in [-0.39, 0.29) is 30.4 Å². The molecule has 4 aromatic rings. The number of amides is 1. The molecule has 1 saturated heterocycles. The number of carbonyl (C=O) groups is 1. The van der Waals surface area contributed by atoms with Crippen molar-refractivity contribution in [2.75, 3.05) is 31.1 Å². The van der Waals surface area contributed by atoms with Gasteiger partial charge in [-0.15, -0.1) is 0 Å². The second kappa shape index (κ2) is 9.35. The Bertz CT molecular complexity index is 1800. The van der Waals surface area contributed by atoms with Crippen LogP contribution in [0.25, 0.3) is 28.7 Å². The van der Waals surface area contributed by atoms with E-state index in [9.17, 15) is 22.8 Å². The highest BCUT2D eigenvalue weighted by Gasteiger charge is 2.36. The van der Waals surface area contributed by atoms with Crippen molar-refractivity contribution < 1.29 is 18.0 Å². The summed E-state index contributed by atoms with van der Waals surface area (Å²) >= 11 is 0. The first kappa shape index (κ1) is 25.8. The third-order valence-electron chi connectivity index (χ3n) is 7.95. The third kappa shape index (κ3) is 4.35. The average molecular weight is 549 g/mol. The number of nitrogens with one attached hydrogen (secondary N) is 1. The molecule has 0 bridgehead atoms. The van der Waals surface area contributed by atoms with E-state index in [4.69, 9.17) is 0 Å². The van der Waals surface area contributed by atoms with Crippen molar-refractivity contribution in [2.45, 2.75) is 31.9 Å². The molecule has 0 spiro atoms.